The summed E-state index contributed by atoms with van der Waals surface area (Å²) in [5, 5.41) is 6.42. The lowest BCUT2D eigenvalue weighted by Crippen LogP contribution is -2.44. The van der Waals surface area contributed by atoms with Crippen LogP contribution in [0.3, 0.4) is 0 Å². The van der Waals surface area contributed by atoms with Crippen LogP contribution in [0.2, 0.25) is 0 Å². The van der Waals surface area contributed by atoms with E-state index in [2.05, 4.69) is 10.6 Å². The van der Waals surface area contributed by atoms with Gasteiger partial charge < -0.3 is 15.5 Å². The summed E-state index contributed by atoms with van der Waals surface area (Å²) < 4.78 is 0. The van der Waals surface area contributed by atoms with Gasteiger partial charge in [-0.1, -0.05) is 19.3 Å². The number of nitrogens with one attached hydrogen (secondary N) is 2. The molecule has 2 N–H and O–H groups in total. The third-order valence-corrected chi connectivity index (χ3v) is 5.51. The van der Waals surface area contributed by atoms with Crippen molar-refractivity contribution >= 4 is 11.8 Å². The zero-order valence-electron chi connectivity index (χ0n) is 13.5. The molecule has 2 amide bonds. The molecule has 0 spiro atoms. The standard InChI is InChI=1S/C17H29N3O2/c21-16(10-13-4-2-1-3-5-13)18-11-17(22)20-9-8-14-6-7-15(12-20)19-14/h13-15,19H,1-12H2,(H,18,21). The van der Waals surface area contributed by atoms with Crippen molar-refractivity contribution in [1.29, 1.82) is 0 Å². The Kier molecular flexibility index (Phi) is 5.34. The summed E-state index contributed by atoms with van der Waals surface area (Å²) in [6.45, 7) is 1.79. The highest BCUT2D eigenvalue weighted by Gasteiger charge is 2.31. The minimum absolute atomic E-state index is 0.0507. The molecule has 22 heavy (non-hydrogen) atoms. The van der Waals surface area contributed by atoms with Crippen LogP contribution in [0, 0.1) is 5.92 Å². The predicted molar refractivity (Wildman–Crippen MR) is 85.3 cm³/mol. The quantitative estimate of drug-likeness (QED) is 0.826. The number of nitrogens with zero attached hydrogens (tertiary/aromatic N) is 1. The number of hydrogen-bond donors (Lipinski definition) is 2. The fourth-order valence-electron chi connectivity index (χ4n) is 4.18. The molecule has 5 nitrogen and oxygen atoms in total. The lowest BCUT2D eigenvalue weighted by atomic mass is 9.87. The van der Waals surface area contributed by atoms with Gasteiger partial charge in [0, 0.05) is 31.6 Å². The Morgan fingerprint density at radius 3 is 2.59 bits per heavy atom. The second-order valence-corrected chi connectivity index (χ2v) is 7.25. The number of carbonyl (C=O) groups excluding carboxylic acids is 2. The van der Waals surface area contributed by atoms with Gasteiger partial charge in [0.15, 0.2) is 0 Å². The summed E-state index contributed by atoms with van der Waals surface area (Å²) in [4.78, 5) is 26.2. The molecule has 1 saturated carbocycles. The Morgan fingerprint density at radius 2 is 1.77 bits per heavy atom. The maximum Gasteiger partial charge on any atom is 0.242 e. The third-order valence-electron chi connectivity index (χ3n) is 5.51. The minimum atomic E-state index is 0.0507. The second kappa shape index (κ2) is 7.44. The van der Waals surface area contributed by atoms with E-state index < -0.39 is 0 Å². The molecule has 2 saturated heterocycles. The van der Waals surface area contributed by atoms with Crippen LogP contribution in [0.15, 0.2) is 0 Å². The van der Waals surface area contributed by atoms with Crippen molar-refractivity contribution in [3.05, 3.63) is 0 Å². The summed E-state index contributed by atoms with van der Waals surface area (Å²) in [6.07, 6.45) is 10.2. The van der Waals surface area contributed by atoms with Gasteiger partial charge in [-0.05, 0) is 38.0 Å². The van der Waals surface area contributed by atoms with Gasteiger partial charge in [0.2, 0.25) is 11.8 Å². The predicted octanol–water partition coefficient (Wildman–Crippen LogP) is 1.43. The van der Waals surface area contributed by atoms with Gasteiger partial charge in [0.1, 0.15) is 0 Å². The van der Waals surface area contributed by atoms with Gasteiger partial charge in [0.05, 0.1) is 6.54 Å². The number of amides is 2. The molecule has 3 fully saturated rings. The smallest absolute Gasteiger partial charge is 0.242 e. The SMILES string of the molecule is O=C(CC1CCCCC1)NCC(=O)N1CCC2CCC(C1)N2. The zero-order valence-corrected chi connectivity index (χ0v) is 13.5. The molecule has 0 aromatic rings. The van der Waals surface area contributed by atoms with E-state index in [0.717, 1.165) is 19.5 Å². The van der Waals surface area contributed by atoms with Crippen LogP contribution in [-0.2, 0) is 9.59 Å². The van der Waals surface area contributed by atoms with E-state index in [1.807, 2.05) is 4.90 Å². The lowest BCUT2D eigenvalue weighted by molar-refractivity contribution is -0.133. The topological polar surface area (TPSA) is 61.4 Å². The van der Waals surface area contributed by atoms with E-state index in [1.54, 1.807) is 0 Å². The Hall–Kier alpha value is -1.10. The summed E-state index contributed by atoms with van der Waals surface area (Å²) in [7, 11) is 0. The van der Waals surface area contributed by atoms with Crippen molar-refractivity contribution in [2.75, 3.05) is 19.6 Å². The number of hydrogen-bond acceptors (Lipinski definition) is 3. The molecule has 1 aliphatic carbocycles. The maximum absolute atomic E-state index is 12.3. The first-order chi connectivity index (χ1) is 10.7. The molecule has 3 aliphatic rings. The van der Waals surface area contributed by atoms with Gasteiger partial charge in [0.25, 0.3) is 0 Å². The Morgan fingerprint density at radius 1 is 1.00 bits per heavy atom. The maximum atomic E-state index is 12.3. The average molecular weight is 307 g/mol. The van der Waals surface area contributed by atoms with Crippen molar-refractivity contribution in [3.63, 3.8) is 0 Å². The fraction of sp³-hybridized carbons (Fsp3) is 0.882. The van der Waals surface area contributed by atoms with Gasteiger partial charge in [-0.25, -0.2) is 0 Å². The van der Waals surface area contributed by atoms with Crippen LogP contribution in [0.4, 0.5) is 0 Å². The highest BCUT2D eigenvalue weighted by Crippen LogP contribution is 2.26. The van der Waals surface area contributed by atoms with Crippen LogP contribution in [-0.4, -0.2) is 48.4 Å². The van der Waals surface area contributed by atoms with E-state index in [-0.39, 0.29) is 18.4 Å². The molecular formula is C17H29N3O2. The highest BCUT2D eigenvalue weighted by molar-refractivity contribution is 5.84. The molecule has 0 aromatic carbocycles. The molecule has 2 bridgehead atoms. The van der Waals surface area contributed by atoms with Crippen molar-refractivity contribution < 1.29 is 9.59 Å². The minimum Gasteiger partial charge on any atom is -0.347 e. The molecule has 2 unspecified atom stereocenters. The van der Waals surface area contributed by atoms with Crippen LogP contribution < -0.4 is 10.6 Å². The van der Waals surface area contributed by atoms with Crippen LogP contribution in [0.5, 0.6) is 0 Å². The molecule has 5 heteroatoms. The van der Waals surface area contributed by atoms with Crippen molar-refractivity contribution in [3.8, 4) is 0 Å². The first-order valence-electron chi connectivity index (χ1n) is 9.01. The molecule has 0 radical (unpaired) electrons. The van der Waals surface area contributed by atoms with E-state index in [4.69, 9.17) is 0 Å². The molecule has 2 heterocycles. The second-order valence-electron chi connectivity index (χ2n) is 7.25. The van der Waals surface area contributed by atoms with Crippen molar-refractivity contribution in [2.24, 2.45) is 5.92 Å². The summed E-state index contributed by atoms with van der Waals surface area (Å²) in [6, 6.07) is 1.04. The van der Waals surface area contributed by atoms with E-state index in [1.165, 1.54) is 44.9 Å². The Bertz CT molecular complexity index is 407. The molecule has 124 valence electrons. The third kappa shape index (κ3) is 4.22. The molecular weight excluding hydrogens is 278 g/mol. The van der Waals surface area contributed by atoms with Gasteiger partial charge >= 0.3 is 0 Å². The van der Waals surface area contributed by atoms with Gasteiger partial charge in [-0.2, -0.15) is 0 Å². The van der Waals surface area contributed by atoms with Gasteiger partial charge in [-0.3, -0.25) is 9.59 Å². The number of fused-ring (bicyclic) bond motifs is 2. The van der Waals surface area contributed by atoms with Crippen molar-refractivity contribution in [2.45, 2.75) is 69.9 Å². The molecule has 3 rings (SSSR count). The van der Waals surface area contributed by atoms with Crippen LogP contribution in [0.25, 0.3) is 0 Å². The molecule has 0 aromatic heterocycles. The van der Waals surface area contributed by atoms with Crippen LogP contribution in [0.1, 0.15) is 57.8 Å². The lowest BCUT2D eigenvalue weighted by Gasteiger charge is -2.25. The number of likely N-dealkylation sites (tertiary alicyclic amines) is 1. The zero-order chi connectivity index (χ0) is 15.4. The molecule has 2 atom stereocenters. The van der Waals surface area contributed by atoms with E-state index >= 15 is 0 Å². The summed E-state index contributed by atoms with van der Waals surface area (Å²) in [5.74, 6) is 0.656. The van der Waals surface area contributed by atoms with Gasteiger partial charge in [-0.15, -0.1) is 0 Å². The highest BCUT2D eigenvalue weighted by atomic mass is 16.2. The Balaban J connectivity index is 1.38. The largest absolute Gasteiger partial charge is 0.347 e. The van der Waals surface area contributed by atoms with E-state index in [0.29, 0.717) is 24.4 Å². The molecule has 2 aliphatic heterocycles. The summed E-state index contributed by atoms with van der Waals surface area (Å²) >= 11 is 0. The Labute approximate surface area is 133 Å². The first-order valence-corrected chi connectivity index (χ1v) is 9.01. The fourth-order valence-corrected chi connectivity index (χ4v) is 4.18. The van der Waals surface area contributed by atoms with E-state index in [9.17, 15) is 9.59 Å². The number of carbonyl (C=O) groups is 2. The summed E-state index contributed by atoms with van der Waals surface area (Å²) in [5.41, 5.74) is 0. The van der Waals surface area contributed by atoms with Crippen molar-refractivity contribution in [1.82, 2.24) is 15.5 Å². The normalized spacial score (nSPS) is 29.2. The van der Waals surface area contributed by atoms with Crippen LogP contribution >= 0.6 is 0 Å². The average Bonchev–Trinajstić information content (AvgIpc) is 2.85. The monoisotopic (exact) mass is 307 g/mol. The number of rotatable bonds is 4. The first kappa shape index (κ1) is 15.8.